The molecule has 0 radical (unpaired) electrons. The number of aromatic nitrogens is 4. The predicted molar refractivity (Wildman–Crippen MR) is 107 cm³/mol. The van der Waals surface area contributed by atoms with Crippen molar-refractivity contribution < 1.29 is 22.5 Å². The molecule has 0 spiro atoms. The second-order valence-corrected chi connectivity index (χ2v) is 7.04. The number of halogens is 3. The largest absolute Gasteiger partial charge is 0.389 e. The zero-order chi connectivity index (χ0) is 22.0. The van der Waals surface area contributed by atoms with Crippen LogP contribution in [0.3, 0.4) is 0 Å². The quantitative estimate of drug-likeness (QED) is 0.475. The number of anilines is 1. The van der Waals surface area contributed by atoms with Crippen LogP contribution in [0.4, 0.5) is 18.9 Å². The van der Waals surface area contributed by atoms with E-state index < -0.39 is 12.6 Å². The number of carbonyl (C=O) groups excluding carboxylic acids is 1. The monoisotopic (exact) mass is 429 g/mol. The van der Waals surface area contributed by atoms with Gasteiger partial charge in [-0.2, -0.15) is 18.2 Å². The van der Waals surface area contributed by atoms with Gasteiger partial charge in [-0.3, -0.25) is 9.20 Å². The fraction of sp³-hybridized carbons (Fsp3) is 0.238. The van der Waals surface area contributed by atoms with Gasteiger partial charge in [0.25, 0.3) is 5.91 Å². The molecule has 31 heavy (non-hydrogen) atoms. The summed E-state index contributed by atoms with van der Waals surface area (Å²) in [7, 11) is 0. The van der Waals surface area contributed by atoms with E-state index in [2.05, 4.69) is 20.4 Å². The van der Waals surface area contributed by atoms with Gasteiger partial charge in [0, 0.05) is 30.3 Å². The Hall–Kier alpha value is -3.69. The third kappa shape index (κ3) is 4.73. The minimum Gasteiger partial charge on any atom is -0.339 e. The molecule has 1 aromatic carbocycles. The van der Waals surface area contributed by atoms with Crippen molar-refractivity contribution in [2.75, 3.05) is 5.32 Å². The molecule has 0 aliphatic carbocycles. The molecule has 160 valence electrons. The summed E-state index contributed by atoms with van der Waals surface area (Å²) in [5.41, 5.74) is 2.98. The molecule has 0 bridgehead atoms. The van der Waals surface area contributed by atoms with Crippen LogP contribution in [-0.2, 0) is 6.42 Å². The van der Waals surface area contributed by atoms with Crippen LogP contribution in [0.15, 0.2) is 53.3 Å². The molecule has 4 aromatic rings. The average molecular weight is 429 g/mol. The maximum atomic E-state index is 12.8. The Labute approximate surface area is 174 Å². The van der Waals surface area contributed by atoms with E-state index in [9.17, 15) is 18.0 Å². The molecule has 0 saturated heterocycles. The molecule has 0 atom stereocenters. The minimum atomic E-state index is -4.21. The summed E-state index contributed by atoms with van der Waals surface area (Å²) in [6, 6.07) is 10.7. The molecule has 0 saturated carbocycles. The van der Waals surface area contributed by atoms with Crippen LogP contribution >= 0.6 is 0 Å². The van der Waals surface area contributed by atoms with Crippen molar-refractivity contribution in [1.29, 1.82) is 0 Å². The molecule has 3 aromatic heterocycles. The fourth-order valence-electron chi connectivity index (χ4n) is 3.10. The van der Waals surface area contributed by atoms with Crippen molar-refractivity contribution >= 4 is 17.2 Å². The lowest BCUT2D eigenvalue weighted by Gasteiger charge is -2.09. The van der Waals surface area contributed by atoms with E-state index in [1.165, 1.54) is 6.20 Å². The molecule has 0 fully saturated rings. The van der Waals surface area contributed by atoms with E-state index in [1.807, 2.05) is 13.0 Å². The predicted octanol–water partition coefficient (Wildman–Crippen LogP) is 4.83. The fourth-order valence-corrected chi connectivity index (χ4v) is 3.10. The van der Waals surface area contributed by atoms with Gasteiger partial charge in [0.2, 0.25) is 11.7 Å². The van der Waals surface area contributed by atoms with Crippen molar-refractivity contribution in [3.63, 3.8) is 0 Å². The van der Waals surface area contributed by atoms with Crippen LogP contribution in [0.5, 0.6) is 0 Å². The van der Waals surface area contributed by atoms with E-state index in [1.54, 1.807) is 40.9 Å². The van der Waals surface area contributed by atoms with Crippen molar-refractivity contribution in [3.8, 4) is 11.4 Å². The summed E-state index contributed by atoms with van der Waals surface area (Å²) in [6.45, 7) is 1.84. The molecular formula is C21H18F3N5O2. The molecule has 3 heterocycles. The van der Waals surface area contributed by atoms with Crippen LogP contribution in [0.25, 0.3) is 17.0 Å². The third-order valence-electron chi connectivity index (χ3n) is 4.71. The number of pyridine rings is 1. The number of alkyl halides is 3. The number of rotatable bonds is 6. The average Bonchev–Trinajstić information content (AvgIpc) is 3.36. The summed E-state index contributed by atoms with van der Waals surface area (Å²) in [5, 5.41) is 6.71. The highest BCUT2D eigenvalue weighted by Gasteiger charge is 2.26. The van der Waals surface area contributed by atoms with Crippen LogP contribution in [0.1, 0.15) is 34.8 Å². The molecular weight excluding hydrogens is 411 g/mol. The van der Waals surface area contributed by atoms with Gasteiger partial charge < -0.3 is 9.84 Å². The number of fused-ring (bicyclic) bond motifs is 1. The van der Waals surface area contributed by atoms with Gasteiger partial charge in [0.1, 0.15) is 11.3 Å². The van der Waals surface area contributed by atoms with Gasteiger partial charge in [0.15, 0.2) is 0 Å². The third-order valence-corrected chi connectivity index (χ3v) is 4.71. The van der Waals surface area contributed by atoms with Crippen molar-refractivity contribution in [1.82, 2.24) is 19.5 Å². The summed E-state index contributed by atoms with van der Waals surface area (Å²) in [6.07, 6.45) is -1.96. The highest BCUT2D eigenvalue weighted by molar-refractivity contribution is 6.04. The van der Waals surface area contributed by atoms with Gasteiger partial charge in [-0.1, -0.05) is 23.4 Å². The molecule has 4 rings (SSSR count). The molecule has 10 heteroatoms. The number of hydrogen-bond donors (Lipinski definition) is 1. The van der Waals surface area contributed by atoms with Crippen molar-refractivity contribution in [2.24, 2.45) is 0 Å². The lowest BCUT2D eigenvalue weighted by atomic mass is 10.1. The number of benzene rings is 1. The Morgan fingerprint density at radius 2 is 2.06 bits per heavy atom. The highest BCUT2D eigenvalue weighted by atomic mass is 19.4. The van der Waals surface area contributed by atoms with Crippen LogP contribution < -0.4 is 5.32 Å². The first-order chi connectivity index (χ1) is 14.8. The number of nitrogens with zero attached hydrogens (tertiary/aromatic N) is 4. The SMILES string of the molecule is Cc1ccc(-c2noc(CCCC(F)(F)F)n2)cc1NC(=O)c1cnc2ccccn12. The van der Waals surface area contributed by atoms with E-state index in [4.69, 9.17) is 4.52 Å². The number of amides is 1. The molecule has 1 amide bonds. The first-order valence-corrected chi connectivity index (χ1v) is 9.54. The van der Waals surface area contributed by atoms with Crippen LogP contribution in [0, 0.1) is 6.92 Å². The van der Waals surface area contributed by atoms with Gasteiger partial charge in [0.05, 0.1) is 6.20 Å². The van der Waals surface area contributed by atoms with Gasteiger partial charge >= 0.3 is 6.18 Å². The zero-order valence-electron chi connectivity index (χ0n) is 16.5. The molecule has 0 aliphatic heterocycles. The van der Waals surface area contributed by atoms with Gasteiger partial charge in [-0.25, -0.2) is 4.98 Å². The van der Waals surface area contributed by atoms with Crippen molar-refractivity contribution in [2.45, 2.75) is 32.4 Å². The number of hydrogen-bond acceptors (Lipinski definition) is 5. The highest BCUT2D eigenvalue weighted by Crippen LogP contribution is 2.26. The smallest absolute Gasteiger partial charge is 0.339 e. The second kappa shape index (κ2) is 8.21. The first-order valence-electron chi connectivity index (χ1n) is 9.54. The first kappa shape index (κ1) is 20.6. The van der Waals surface area contributed by atoms with Gasteiger partial charge in [-0.05, 0) is 37.1 Å². The zero-order valence-corrected chi connectivity index (χ0v) is 16.5. The van der Waals surface area contributed by atoms with E-state index in [0.29, 0.717) is 22.6 Å². The summed E-state index contributed by atoms with van der Waals surface area (Å²) >= 11 is 0. The molecule has 0 aliphatic rings. The van der Waals surface area contributed by atoms with E-state index in [-0.39, 0.29) is 30.5 Å². The molecule has 7 nitrogen and oxygen atoms in total. The maximum Gasteiger partial charge on any atom is 0.389 e. The Morgan fingerprint density at radius 3 is 2.87 bits per heavy atom. The molecule has 0 unspecified atom stereocenters. The second-order valence-electron chi connectivity index (χ2n) is 7.04. The summed E-state index contributed by atoms with van der Waals surface area (Å²) in [4.78, 5) is 21.2. The van der Waals surface area contributed by atoms with Gasteiger partial charge in [-0.15, -0.1) is 0 Å². The summed E-state index contributed by atoms with van der Waals surface area (Å²) < 4.78 is 43.6. The normalized spacial score (nSPS) is 11.7. The topological polar surface area (TPSA) is 85.3 Å². The number of nitrogens with one attached hydrogen (secondary N) is 1. The number of imidazole rings is 1. The van der Waals surface area contributed by atoms with Crippen LogP contribution in [0.2, 0.25) is 0 Å². The standard InChI is InChI=1S/C21H18F3N5O2/c1-13-7-8-14(19-27-18(31-28-19)6-4-9-21(22,23)24)11-15(13)26-20(30)16-12-25-17-5-2-3-10-29(16)17/h2-3,5,7-8,10-12H,4,6,9H2,1H3,(H,26,30). The van der Waals surface area contributed by atoms with Crippen molar-refractivity contribution in [3.05, 3.63) is 65.9 Å². The Bertz CT molecular complexity index is 1230. The van der Waals surface area contributed by atoms with Crippen LogP contribution in [-0.4, -0.2) is 31.6 Å². The lowest BCUT2D eigenvalue weighted by Crippen LogP contribution is -2.15. The Balaban J connectivity index is 1.50. The molecule has 1 N–H and O–H groups in total. The minimum absolute atomic E-state index is 0.0379. The lowest BCUT2D eigenvalue weighted by molar-refractivity contribution is -0.135. The Kier molecular flexibility index (Phi) is 5.45. The van der Waals surface area contributed by atoms with E-state index in [0.717, 1.165) is 5.56 Å². The van der Waals surface area contributed by atoms with E-state index >= 15 is 0 Å². The maximum absolute atomic E-state index is 12.8. The Morgan fingerprint density at radius 1 is 1.23 bits per heavy atom. The number of aryl methyl sites for hydroxylation is 2. The number of carbonyl (C=O) groups is 1. The summed E-state index contributed by atoms with van der Waals surface area (Å²) in [5.74, 6) is 0.0448.